The lowest BCUT2D eigenvalue weighted by Crippen LogP contribution is -2.42. The van der Waals surface area contributed by atoms with Crippen molar-refractivity contribution in [1.82, 2.24) is 20.6 Å². The molecule has 0 atom stereocenters. The van der Waals surface area contributed by atoms with Gasteiger partial charge in [-0.3, -0.25) is 20.4 Å². The van der Waals surface area contributed by atoms with E-state index in [2.05, 4.69) is 16.0 Å². The van der Waals surface area contributed by atoms with Gasteiger partial charge in [0.15, 0.2) is 9.84 Å². The van der Waals surface area contributed by atoms with Gasteiger partial charge in [-0.25, -0.2) is 13.1 Å². The number of nitrogens with one attached hydrogen (secondary N) is 2. The van der Waals surface area contributed by atoms with Crippen LogP contribution in [0.25, 0.3) is 16.9 Å². The molecule has 1 aliphatic carbocycles. The Labute approximate surface area is 192 Å². The van der Waals surface area contributed by atoms with Crippen molar-refractivity contribution in [3.8, 4) is 16.9 Å². The fraction of sp³-hybridized carbons (Fsp3) is 0.292. The molecule has 172 valence electrons. The second kappa shape index (κ2) is 9.99. The molecule has 2 aromatic carbocycles. The van der Waals surface area contributed by atoms with Crippen molar-refractivity contribution < 1.29 is 18.0 Å². The number of hydrogen-bond donors (Lipinski definition) is 2. The predicted molar refractivity (Wildman–Crippen MR) is 125 cm³/mol. The van der Waals surface area contributed by atoms with Crippen LogP contribution in [-0.4, -0.2) is 41.0 Å². The van der Waals surface area contributed by atoms with Crippen molar-refractivity contribution in [3.05, 3.63) is 72.4 Å². The number of hydrazine groups is 1. The molecular weight excluding hydrogens is 440 g/mol. The molecule has 2 N–H and O–H groups in total. The summed E-state index contributed by atoms with van der Waals surface area (Å²) < 4.78 is 26.3. The van der Waals surface area contributed by atoms with Gasteiger partial charge in [-0.05, 0) is 25.0 Å². The van der Waals surface area contributed by atoms with Crippen LogP contribution >= 0.6 is 0 Å². The molecular formula is C24H26N4O4S. The van der Waals surface area contributed by atoms with E-state index in [1.165, 1.54) is 0 Å². The van der Waals surface area contributed by atoms with Gasteiger partial charge in [0.05, 0.1) is 22.3 Å². The van der Waals surface area contributed by atoms with Crippen LogP contribution in [0.2, 0.25) is 0 Å². The fourth-order valence-electron chi connectivity index (χ4n) is 3.97. The Morgan fingerprint density at radius 2 is 1.58 bits per heavy atom. The molecule has 4 rings (SSSR count). The molecule has 0 bridgehead atoms. The van der Waals surface area contributed by atoms with E-state index in [1.54, 1.807) is 10.9 Å². The van der Waals surface area contributed by atoms with Gasteiger partial charge in [-0.1, -0.05) is 61.4 Å². The molecule has 33 heavy (non-hydrogen) atoms. The molecule has 1 aliphatic rings. The van der Waals surface area contributed by atoms with E-state index in [0.717, 1.165) is 24.1 Å². The van der Waals surface area contributed by atoms with Crippen LogP contribution in [-0.2, 0) is 14.6 Å². The number of carbonyl (C=O) groups is 2. The maximum absolute atomic E-state index is 12.9. The van der Waals surface area contributed by atoms with Crippen LogP contribution < -0.4 is 10.9 Å². The highest BCUT2D eigenvalue weighted by Gasteiger charge is 2.29. The third-order valence-electron chi connectivity index (χ3n) is 5.77. The lowest BCUT2D eigenvalue weighted by molar-refractivity contribution is -0.121. The van der Waals surface area contributed by atoms with Crippen molar-refractivity contribution in [1.29, 1.82) is 0 Å². The van der Waals surface area contributed by atoms with Gasteiger partial charge in [0, 0.05) is 18.2 Å². The highest BCUT2D eigenvalue weighted by molar-refractivity contribution is 7.92. The van der Waals surface area contributed by atoms with Crippen molar-refractivity contribution in [3.63, 3.8) is 0 Å². The third-order valence-corrected chi connectivity index (χ3v) is 8.03. The van der Waals surface area contributed by atoms with E-state index < -0.39 is 21.7 Å². The smallest absolute Gasteiger partial charge is 0.273 e. The first-order valence-corrected chi connectivity index (χ1v) is 12.7. The molecule has 0 aliphatic heterocycles. The Kier molecular flexibility index (Phi) is 6.88. The van der Waals surface area contributed by atoms with Gasteiger partial charge in [0.1, 0.15) is 5.69 Å². The van der Waals surface area contributed by atoms with Crippen LogP contribution in [0.3, 0.4) is 0 Å². The zero-order valence-electron chi connectivity index (χ0n) is 18.1. The summed E-state index contributed by atoms with van der Waals surface area (Å²) in [7, 11) is -3.30. The molecule has 1 aromatic heterocycles. The van der Waals surface area contributed by atoms with Crippen molar-refractivity contribution in [2.75, 3.05) is 5.75 Å². The quantitative estimate of drug-likeness (QED) is 0.520. The lowest BCUT2D eigenvalue weighted by Gasteiger charge is -2.11. The first-order chi connectivity index (χ1) is 15.9. The van der Waals surface area contributed by atoms with Crippen LogP contribution in [0.5, 0.6) is 0 Å². The van der Waals surface area contributed by atoms with Crippen molar-refractivity contribution in [2.45, 2.75) is 37.4 Å². The van der Waals surface area contributed by atoms with E-state index >= 15 is 0 Å². The zero-order chi connectivity index (χ0) is 23.3. The third kappa shape index (κ3) is 5.48. The summed E-state index contributed by atoms with van der Waals surface area (Å²) in [5.74, 6) is -1.31. The minimum absolute atomic E-state index is 0.200. The summed E-state index contributed by atoms with van der Waals surface area (Å²) in [5, 5.41) is 4.23. The van der Waals surface area contributed by atoms with E-state index in [-0.39, 0.29) is 23.0 Å². The van der Waals surface area contributed by atoms with Gasteiger partial charge in [0.25, 0.3) is 5.91 Å². The Balaban J connectivity index is 1.45. The SMILES string of the molecule is O=C(CCS(=O)(=O)C1CCCC1)NNC(=O)c1cn(-c2ccccc2)nc1-c1ccccc1. The Morgan fingerprint density at radius 1 is 0.939 bits per heavy atom. The Bertz CT molecular complexity index is 1220. The molecule has 9 heteroatoms. The summed E-state index contributed by atoms with van der Waals surface area (Å²) in [4.78, 5) is 25.1. The molecule has 3 aromatic rings. The molecule has 1 fully saturated rings. The summed E-state index contributed by atoms with van der Waals surface area (Å²) in [6.07, 6.45) is 4.54. The number of rotatable bonds is 7. The number of nitrogens with zero attached hydrogens (tertiary/aromatic N) is 2. The van der Waals surface area contributed by atoms with Gasteiger partial charge >= 0.3 is 0 Å². The summed E-state index contributed by atoms with van der Waals surface area (Å²) >= 11 is 0. The van der Waals surface area contributed by atoms with E-state index in [1.807, 2.05) is 60.7 Å². The van der Waals surface area contributed by atoms with E-state index in [9.17, 15) is 18.0 Å². The Morgan fingerprint density at radius 3 is 2.24 bits per heavy atom. The average molecular weight is 467 g/mol. The number of carbonyl (C=O) groups excluding carboxylic acids is 2. The number of aromatic nitrogens is 2. The second-order valence-electron chi connectivity index (χ2n) is 8.06. The summed E-state index contributed by atoms with van der Waals surface area (Å²) in [6, 6.07) is 18.7. The summed E-state index contributed by atoms with van der Waals surface area (Å²) in [5.41, 5.74) is 7.02. The molecule has 8 nitrogen and oxygen atoms in total. The monoisotopic (exact) mass is 466 g/mol. The Hall–Kier alpha value is -3.46. The minimum atomic E-state index is -3.30. The summed E-state index contributed by atoms with van der Waals surface area (Å²) in [6.45, 7) is 0. The number of para-hydroxylation sites is 1. The highest BCUT2D eigenvalue weighted by atomic mass is 32.2. The second-order valence-corrected chi connectivity index (χ2v) is 10.5. The van der Waals surface area contributed by atoms with Crippen LogP contribution in [0.15, 0.2) is 66.9 Å². The zero-order valence-corrected chi connectivity index (χ0v) is 18.9. The van der Waals surface area contributed by atoms with Crippen LogP contribution in [0.1, 0.15) is 42.5 Å². The minimum Gasteiger partial charge on any atom is -0.273 e. The van der Waals surface area contributed by atoms with Crippen molar-refractivity contribution in [2.24, 2.45) is 0 Å². The molecule has 0 radical (unpaired) electrons. The maximum Gasteiger partial charge on any atom is 0.273 e. The fourth-order valence-corrected chi connectivity index (χ4v) is 5.82. The van der Waals surface area contributed by atoms with Gasteiger partial charge in [0.2, 0.25) is 5.91 Å². The molecule has 0 spiro atoms. The lowest BCUT2D eigenvalue weighted by atomic mass is 10.1. The highest BCUT2D eigenvalue weighted by Crippen LogP contribution is 2.26. The topological polar surface area (TPSA) is 110 Å². The number of sulfone groups is 1. The molecule has 1 saturated carbocycles. The van der Waals surface area contributed by atoms with Gasteiger partial charge < -0.3 is 0 Å². The molecule has 1 heterocycles. The van der Waals surface area contributed by atoms with E-state index in [0.29, 0.717) is 18.5 Å². The van der Waals surface area contributed by atoms with E-state index in [4.69, 9.17) is 0 Å². The first-order valence-electron chi connectivity index (χ1n) is 11.0. The van der Waals surface area contributed by atoms with Crippen molar-refractivity contribution >= 4 is 21.7 Å². The first kappa shape index (κ1) is 22.7. The predicted octanol–water partition coefficient (Wildman–Crippen LogP) is 3.05. The normalized spacial score (nSPS) is 14.2. The van der Waals surface area contributed by atoms with Crippen LogP contribution in [0.4, 0.5) is 0 Å². The molecule has 0 saturated heterocycles. The molecule has 2 amide bonds. The number of hydrogen-bond acceptors (Lipinski definition) is 5. The van der Waals surface area contributed by atoms with Crippen LogP contribution in [0, 0.1) is 0 Å². The molecule has 0 unspecified atom stereocenters. The maximum atomic E-state index is 12.9. The number of amides is 2. The van der Waals surface area contributed by atoms with Gasteiger partial charge in [-0.2, -0.15) is 5.10 Å². The standard InChI is InChI=1S/C24H26N4O4S/c29-22(15-16-33(31,32)20-13-7-8-14-20)25-26-24(30)21-17-28(19-11-5-2-6-12-19)27-23(21)18-9-3-1-4-10-18/h1-6,9-12,17,20H,7-8,13-16H2,(H,25,29)(H,26,30). The van der Waals surface area contributed by atoms with Gasteiger partial charge in [-0.15, -0.1) is 0 Å². The number of benzene rings is 2. The largest absolute Gasteiger partial charge is 0.273 e. The average Bonchev–Trinajstić information content (AvgIpc) is 3.54.